The van der Waals surface area contributed by atoms with E-state index in [4.69, 9.17) is 0 Å². The van der Waals surface area contributed by atoms with Crippen LogP contribution in [-0.2, 0) is 16.6 Å². The minimum absolute atomic E-state index is 0.142. The monoisotopic (exact) mass is 314 g/mol. The molecule has 0 saturated heterocycles. The molecule has 0 amide bonds. The number of nitrogens with one attached hydrogen (secondary N) is 3. The number of aromatic nitrogens is 2. The van der Waals surface area contributed by atoms with Crippen LogP contribution in [0.5, 0.6) is 0 Å². The van der Waals surface area contributed by atoms with Crippen molar-refractivity contribution in [3.8, 4) is 0 Å². The van der Waals surface area contributed by atoms with E-state index < -0.39 is 10.0 Å². The van der Waals surface area contributed by atoms with Gasteiger partial charge in [0.15, 0.2) is 5.03 Å². The number of unbranched alkanes of at least 4 members (excludes halogenated alkanes) is 3. The summed E-state index contributed by atoms with van der Waals surface area (Å²) in [6.45, 7) is 5.02. The summed E-state index contributed by atoms with van der Waals surface area (Å²) in [5.74, 6) is 0. The zero-order valence-corrected chi connectivity index (χ0v) is 13.7. The van der Waals surface area contributed by atoms with Crippen LogP contribution in [0.4, 0.5) is 0 Å². The van der Waals surface area contributed by atoms with Gasteiger partial charge in [0.1, 0.15) is 0 Å². The molecule has 6 nitrogen and oxygen atoms in total. The quantitative estimate of drug-likeness (QED) is 0.575. The fourth-order valence-corrected chi connectivity index (χ4v) is 3.49. The Bertz CT molecular complexity index is 549. The van der Waals surface area contributed by atoms with E-state index in [9.17, 15) is 8.42 Å². The van der Waals surface area contributed by atoms with E-state index >= 15 is 0 Å². The van der Waals surface area contributed by atoms with E-state index in [1.807, 2.05) is 6.92 Å². The SMILES string of the molecule is CCCCCCNS(=O)(=O)c1n[nH]c(C)c1CNC1CC1. The number of rotatable bonds is 10. The first kappa shape index (κ1) is 16.5. The summed E-state index contributed by atoms with van der Waals surface area (Å²) in [6.07, 6.45) is 6.55. The summed E-state index contributed by atoms with van der Waals surface area (Å²) >= 11 is 0. The maximum Gasteiger partial charge on any atom is 0.260 e. The van der Waals surface area contributed by atoms with Gasteiger partial charge in [-0.25, -0.2) is 13.1 Å². The third-order valence-corrected chi connectivity index (χ3v) is 5.19. The number of hydrogen-bond donors (Lipinski definition) is 3. The van der Waals surface area contributed by atoms with Crippen LogP contribution in [0.1, 0.15) is 56.7 Å². The van der Waals surface area contributed by atoms with E-state index in [0.29, 0.717) is 19.1 Å². The van der Waals surface area contributed by atoms with Gasteiger partial charge in [0.2, 0.25) is 0 Å². The van der Waals surface area contributed by atoms with Crippen molar-refractivity contribution >= 4 is 10.0 Å². The molecule has 1 aliphatic rings. The van der Waals surface area contributed by atoms with Crippen LogP contribution < -0.4 is 10.0 Å². The van der Waals surface area contributed by atoms with Crippen molar-refractivity contribution in [1.29, 1.82) is 0 Å². The standard InChI is InChI=1S/C14H26N4O2S/c1-3-4-5-6-9-16-21(19,20)14-13(11(2)17-18-14)10-15-12-7-8-12/h12,15-16H,3-10H2,1-2H3,(H,17,18). The molecule has 0 aromatic carbocycles. The molecule has 0 aliphatic heterocycles. The van der Waals surface area contributed by atoms with Crippen LogP contribution in [0, 0.1) is 6.92 Å². The molecule has 1 aromatic heterocycles. The number of nitrogens with zero attached hydrogens (tertiary/aromatic N) is 1. The molecule has 0 radical (unpaired) electrons. The summed E-state index contributed by atoms with van der Waals surface area (Å²) in [7, 11) is -3.52. The minimum Gasteiger partial charge on any atom is -0.310 e. The summed E-state index contributed by atoms with van der Waals surface area (Å²) in [5, 5.41) is 10.3. The molecule has 1 saturated carbocycles. The molecular formula is C14H26N4O2S. The molecule has 7 heteroatoms. The Balaban J connectivity index is 1.94. The molecule has 1 heterocycles. The Kier molecular flexibility index (Phi) is 5.78. The van der Waals surface area contributed by atoms with E-state index in [1.165, 1.54) is 12.8 Å². The normalized spacial score (nSPS) is 15.5. The van der Waals surface area contributed by atoms with Crippen LogP contribution in [0.2, 0.25) is 0 Å². The van der Waals surface area contributed by atoms with Crippen molar-refractivity contribution < 1.29 is 8.42 Å². The smallest absolute Gasteiger partial charge is 0.260 e. The van der Waals surface area contributed by atoms with E-state index in [-0.39, 0.29) is 5.03 Å². The van der Waals surface area contributed by atoms with E-state index in [1.54, 1.807) is 0 Å². The summed E-state index contributed by atoms with van der Waals surface area (Å²) < 4.78 is 27.3. The molecule has 2 rings (SSSR count). The van der Waals surface area contributed by atoms with Crippen molar-refractivity contribution in [3.63, 3.8) is 0 Å². The number of aromatic amines is 1. The number of sulfonamides is 1. The zero-order valence-electron chi connectivity index (χ0n) is 12.9. The Labute approximate surface area is 127 Å². The van der Waals surface area contributed by atoms with E-state index in [2.05, 4.69) is 27.2 Å². The Hall–Kier alpha value is -0.920. The lowest BCUT2D eigenvalue weighted by molar-refractivity contribution is 0.566. The molecule has 0 bridgehead atoms. The molecule has 1 fully saturated rings. The largest absolute Gasteiger partial charge is 0.310 e. The second kappa shape index (κ2) is 7.38. The highest BCUT2D eigenvalue weighted by atomic mass is 32.2. The van der Waals surface area contributed by atoms with Crippen LogP contribution in [0.15, 0.2) is 5.03 Å². The van der Waals surface area contributed by atoms with Gasteiger partial charge in [-0.2, -0.15) is 5.10 Å². The average molecular weight is 314 g/mol. The maximum absolute atomic E-state index is 12.3. The summed E-state index contributed by atoms with van der Waals surface area (Å²) in [5.41, 5.74) is 1.57. The van der Waals surface area contributed by atoms with Gasteiger partial charge < -0.3 is 5.32 Å². The van der Waals surface area contributed by atoms with Crippen molar-refractivity contribution in [3.05, 3.63) is 11.3 Å². The zero-order chi connectivity index (χ0) is 15.3. The Morgan fingerprint density at radius 2 is 2.05 bits per heavy atom. The van der Waals surface area contributed by atoms with Crippen LogP contribution in [-0.4, -0.2) is 31.2 Å². The fourth-order valence-electron chi connectivity index (χ4n) is 2.22. The van der Waals surface area contributed by atoms with Crippen molar-refractivity contribution in [2.45, 2.75) is 70.0 Å². The fraction of sp³-hybridized carbons (Fsp3) is 0.786. The highest BCUT2D eigenvalue weighted by Gasteiger charge is 2.26. The molecule has 1 aromatic rings. The van der Waals surface area contributed by atoms with Gasteiger partial charge in [-0.15, -0.1) is 0 Å². The van der Waals surface area contributed by atoms with Gasteiger partial charge in [-0.1, -0.05) is 26.2 Å². The maximum atomic E-state index is 12.3. The van der Waals surface area contributed by atoms with Crippen molar-refractivity contribution in [2.24, 2.45) is 0 Å². The molecule has 1 aliphatic carbocycles. The molecule has 0 unspecified atom stereocenters. The summed E-state index contributed by atoms with van der Waals surface area (Å²) in [6, 6.07) is 0.539. The van der Waals surface area contributed by atoms with E-state index in [0.717, 1.165) is 36.9 Å². The minimum atomic E-state index is -3.52. The van der Waals surface area contributed by atoms with Crippen molar-refractivity contribution in [1.82, 2.24) is 20.2 Å². The second-order valence-corrected chi connectivity index (χ2v) is 7.43. The molecule has 0 atom stereocenters. The molecule has 3 N–H and O–H groups in total. The predicted octanol–water partition coefficient (Wildman–Crippen LogP) is 1.83. The van der Waals surface area contributed by atoms with Gasteiger partial charge in [-0.05, 0) is 26.2 Å². The van der Waals surface area contributed by atoms with Gasteiger partial charge in [0, 0.05) is 30.4 Å². The highest BCUT2D eigenvalue weighted by Crippen LogP contribution is 2.21. The molecule has 0 spiro atoms. The molecular weight excluding hydrogens is 288 g/mol. The van der Waals surface area contributed by atoms with Gasteiger partial charge in [0.05, 0.1) is 0 Å². The van der Waals surface area contributed by atoms with Gasteiger partial charge in [-0.3, -0.25) is 5.10 Å². The van der Waals surface area contributed by atoms with Gasteiger partial charge >= 0.3 is 0 Å². The molecule has 21 heavy (non-hydrogen) atoms. The van der Waals surface area contributed by atoms with Crippen molar-refractivity contribution in [2.75, 3.05) is 6.54 Å². The predicted molar refractivity (Wildman–Crippen MR) is 82.5 cm³/mol. The third-order valence-electron chi connectivity index (χ3n) is 3.76. The number of H-pyrrole nitrogens is 1. The highest BCUT2D eigenvalue weighted by molar-refractivity contribution is 7.89. The Morgan fingerprint density at radius 3 is 2.71 bits per heavy atom. The number of hydrogen-bond acceptors (Lipinski definition) is 4. The summed E-state index contributed by atoms with van der Waals surface area (Å²) in [4.78, 5) is 0. The topological polar surface area (TPSA) is 86.9 Å². The third kappa shape index (κ3) is 4.79. The van der Waals surface area contributed by atoms with Crippen LogP contribution in [0.3, 0.4) is 0 Å². The average Bonchev–Trinajstić information content (AvgIpc) is 3.19. The lowest BCUT2D eigenvalue weighted by Gasteiger charge is -2.08. The first-order valence-electron chi connectivity index (χ1n) is 7.81. The first-order valence-corrected chi connectivity index (χ1v) is 9.29. The lowest BCUT2D eigenvalue weighted by atomic mass is 10.2. The van der Waals surface area contributed by atoms with Gasteiger partial charge in [0.25, 0.3) is 10.0 Å². The van der Waals surface area contributed by atoms with Crippen LogP contribution >= 0.6 is 0 Å². The van der Waals surface area contributed by atoms with Crippen LogP contribution in [0.25, 0.3) is 0 Å². The second-order valence-electron chi connectivity index (χ2n) is 5.75. The first-order chi connectivity index (χ1) is 10.0. The Morgan fingerprint density at radius 1 is 1.29 bits per heavy atom. The number of aryl methyl sites for hydroxylation is 1. The molecule has 120 valence electrons. The lowest BCUT2D eigenvalue weighted by Crippen LogP contribution is -2.27.